The molecular formula is C20H35N3O3Si. The molecule has 1 aromatic rings. The zero-order valence-corrected chi connectivity index (χ0v) is 18.6. The summed E-state index contributed by atoms with van der Waals surface area (Å²) in [7, 11) is -0.591. The molecule has 0 aliphatic heterocycles. The first-order valence-electron chi connectivity index (χ1n) is 9.62. The largest absolute Gasteiger partial charge is 0.476 e. The number of allylic oxidation sites excluding steroid dienone is 4. The average molecular weight is 394 g/mol. The maximum Gasteiger partial charge on any atom is 0.238 e. The Morgan fingerprint density at radius 3 is 2.63 bits per heavy atom. The molecule has 27 heavy (non-hydrogen) atoms. The van der Waals surface area contributed by atoms with E-state index in [2.05, 4.69) is 25.0 Å². The quantitative estimate of drug-likeness (QED) is 0.620. The third-order valence-corrected chi connectivity index (χ3v) is 9.22. The number of nitrogen functional groups attached to an aromatic ring is 1. The van der Waals surface area contributed by atoms with Gasteiger partial charge in [-0.15, -0.1) is 5.10 Å². The summed E-state index contributed by atoms with van der Waals surface area (Å²) >= 11 is 0. The Labute approximate surface area is 164 Å². The third-order valence-electron chi connectivity index (χ3n) is 5.70. The maximum absolute atomic E-state index is 10.6. The molecule has 6 nitrogen and oxygen atoms in total. The van der Waals surface area contributed by atoms with Crippen molar-refractivity contribution in [2.45, 2.75) is 58.2 Å². The number of nitrogens with zero attached hydrogens (tertiary/aromatic N) is 2. The van der Waals surface area contributed by atoms with Crippen LogP contribution in [0.15, 0.2) is 18.2 Å². The van der Waals surface area contributed by atoms with Crippen LogP contribution in [0, 0.1) is 12.8 Å². The molecule has 0 saturated heterocycles. The molecule has 0 fully saturated rings. The van der Waals surface area contributed by atoms with Crippen molar-refractivity contribution in [3.63, 3.8) is 0 Å². The Morgan fingerprint density at radius 1 is 1.37 bits per heavy atom. The zero-order valence-electron chi connectivity index (χ0n) is 17.6. The highest BCUT2D eigenvalue weighted by Gasteiger charge is 2.39. The van der Waals surface area contributed by atoms with Crippen LogP contribution in [0.25, 0.3) is 5.70 Å². The highest BCUT2D eigenvalue weighted by Crippen LogP contribution is 2.41. The van der Waals surface area contributed by atoms with Crippen LogP contribution < -0.4 is 10.5 Å². The molecule has 1 aliphatic rings. The molecule has 1 aromatic heterocycles. The van der Waals surface area contributed by atoms with Crippen molar-refractivity contribution in [2.75, 3.05) is 26.1 Å². The first-order valence-corrected chi connectivity index (χ1v) is 12.6. The van der Waals surface area contributed by atoms with Crippen molar-refractivity contribution >= 4 is 19.8 Å². The monoisotopic (exact) mass is 393 g/mol. The van der Waals surface area contributed by atoms with Gasteiger partial charge in [-0.05, 0) is 50.4 Å². The lowest BCUT2D eigenvalue weighted by molar-refractivity contribution is 0.103. The standard InChI is InChI=1S/C20H35N3O3Si/c1-15-18(21)23(17-10-8-7-9-11-17)22-19(15)26-14-16(13-25-4)12-20(2,3)27(5,6)24/h7-8,10,16,24H,9,11-14,21H2,1-6H3/t16-/m1/s1. The normalized spacial score (nSPS) is 16.3. The molecule has 0 saturated carbocycles. The van der Waals surface area contributed by atoms with Gasteiger partial charge in [0.15, 0.2) is 8.32 Å². The molecule has 0 unspecified atom stereocenters. The van der Waals surface area contributed by atoms with E-state index in [0.717, 1.165) is 30.5 Å². The molecule has 0 spiro atoms. The summed E-state index contributed by atoms with van der Waals surface area (Å²) in [6, 6.07) is 0. The van der Waals surface area contributed by atoms with Crippen LogP contribution in [0.1, 0.15) is 38.7 Å². The van der Waals surface area contributed by atoms with Gasteiger partial charge in [0.05, 0.1) is 18.8 Å². The molecule has 2 rings (SSSR count). The van der Waals surface area contributed by atoms with Crippen LogP contribution in [-0.2, 0) is 4.74 Å². The van der Waals surface area contributed by atoms with Gasteiger partial charge in [0.1, 0.15) is 5.82 Å². The Kier molecular flexibility index (Phi) is 6.94. The smallest absolute Gasteiger partial charge is 0.238 e. The van der Waals surface area contributed by atoms with Crippen molar-refractivity contribution in [1.29, 1.82) is 0 Å². The molecule has 1 heterocycles. The van der Waals surface area contributed by atoms with Gasteiger partial charge in [-0.3, -0.25) is 0 Å². The number of anilines is 1. The second-order valence-corrected chi connectivity index (χ2v) is 13.1. The minimum absolute atomic E-state index is 0.133. The topological polar surface area (TPSA) is 82.5 Å². The molecule has 1 aliphatic carbocycles. The van der Waals surface area contributed by atoms with E-state index in [9.17, 15) is 4.80 Å². The Hall–Kier alpha value is -1.57. The molecule has 0 amide bonds. The van der Waals surface area contributed by atoms with Crippen LogP contribution in [0.4, 0.5) is 5.82 Å². The van der Waals surface area contributed by atoms with E-state index >= 15 is 0 Å². The summed E-state index contributed by atoms with van der Waals surface area (Å²) in [4.78, 5) is 10.6. The number of hydrogen-bond acceptors (Lipinski definition) is 5. The predicted molar refractivity (Wildman–Crippen MR) is 113 cm³/mol. The van der Waals surface area contributed by atoms with Gasteiger partial charge >= 0.3 is 0 Å². The summed E-state index contributed by atoms with van der Waals surface area (Å²) < 4.78 is 13.2. The fourth-order valence-electron chi connectivity index (χ4n) is 3.18. The van der Waals surface area contributed by atoms with Crippen LogP contribution in [-0.4, -0.2) is 43.2 Å². The SMILES string of the molecule is COC[C@H](COc1nn(C2=CC=CCC2)c(N)c1C)CC(C)(C)[Si](C)(C)O. The van der Waals surface area contributed by atoms with E-state index in [1.165, 1.54) is 0 Å². The first kappa shape index (κ1) is 21.7. The van der Waals surface area contributed by atoms with Crippen molar-refractivity contribution < 1.29 is 14.3 Å². The lowest BCUT2D eigenvalue weighted by Gasteiger charge is -2.37. The fourth-order valence-corrected chi connectivity index (χ4v) is 3.97. The zero-order chi connectivity index (χ0) is 20.2. The molecule has 7 heteroatoms. The second-order valence-electron chi connectivity index (χ2n) is 8.63. The maximum atomic E-state index is 10.6. The van der Waals surface area contributed by atoms with E-state index < -0.39 is 8.32 Å². The predicted octanol–water partition coefficient (Wildman–Crippen LogP) is 3.97. The Balaban J connectivity index is 2.11. The van der Waals surface area contributed by atoms with Crippen LogP contribution in [0.3, 0.4) is 0 Å². The minimum atomic E-state index is -2.29. The number of nitrogens with two attached hydrogens (primary N) is 1. The number of rotatable bonds is 9. The summed E-state index contributed by atoms with van der Waals surface area (Å²) in [5.41, 5.74) is 8.20. The highest BCUT2D eigenvalue weighted by molar-refractivity contribution is 6.72. The summed E-state index contributed by atoms with van der Waals surface area (Å²) in [6.45, 7) is 11.2. The minimum Gasteiger partial charge on any atom is -0.476 e. The van der Waals surface area contributed by atoms with E-state index in [1.54, 1.807) is 11.8 Å². The Morgan fingerprint density at radius 2 is 2.07 bits per heavy atom. The van der Waals surface area contributed by atoms with Crippen molar-refractivity contribution in [3.05, 3.63) is 23.8 Å². The van der Waals surface area contributed by atoms with Gasteiger partial charge in [-0.2, -0.15) is 0 Å². The molecule has 0 radical (unpaired) electrons. The fraction of sp³-hybridized carbons (Fsp3) is 0.650. The molecule has 3 N–H and O–H groups in total. The highest BCUT2D eigenvalue weighted by atomic mass is 28.4. The van der Waals surface area contributed by atoms with E-state index in [-0.39, 0.29) is 11.0 Å². The first-order chi connectivity index (χ1) is 12.6. The lowest BCUT2D eigenvalue weighted by atomic mass is 9.97. The molecule has 0 aromatic carbocycles. The summed E-state index contributed by atoms with van der Waals surface area (Å²) in [5, 5.41) is 4.46. The third kappa shape index (κ3) is 5.24. The van der Waals surface area contributed by atoms with Gasteiger partial charge in [-0.1, -0.05) is 26.0 Å². The van der Waals surface area contributed by atoms with E-state index in [1.807, 2.05) is 32.2 Å². The summed E-state index contributed by atoms with van der Waals surface area (Å²) in [5.74, 6) is 1.37. The van der Waals surface area contributed by atoms with Gasteiger partial charge < -0.3 is 20.0 Å². The number of aromatic nitrogens is 2. The van der Waals surface area contributed by atoms with Gasteiger partial charge in [0.25, 0.3) is 0 Å². The van der Waals surface area contributed by atoms with Gasteiger partial charge in [-0.25, -0.2) is 4.68 Å². The molecular weight excluding hydrogens is 358 g/mol. The van der Waals surface area contributed by atoms with Crippen molar-refractivity contribution in [2.24, 2.45) is 5.92 Å². The van der Waals surface area contributed by atoms with Crippen LogP contribution in [0.2, 0.25) is 18.1 Å². The Bertz CT molecular complexity index is 702. The van der Waals surface area contributed by atoms with E-state index in [0.29, 0.717) is 24.9 Å². The van der Waals surface area contributed by atoms with Gasteiger partial charge in [0, 0.05) is 18.7 Å². The van der Waals surface area contributed by atoms with Crippen LogP contribution in [0.5, 0.6) is 5.88 Å². The second kappa shape index (κ2) is 8.62. The van der Waals surface area contributed by atoms with Gasteiger partial charge in [0.2, 0.25) is 5.88 Å². The number of ether oxygens (including phenoxy) is 2. The molecule has 1 atom stereocenters. The number of methoxy groups -OCH3 is 1. The number of hydrogen-bond donors (Lipinski definition) is 2. The van der Waals surface area contributed by atoms with Crippen LogP contribution >= 0.6 is 0 Å². The summed E-state index contributed by atoms with van der Waals surface area (Å²) in [6.07, 6.45) is 8.95. The average Bonchev–Trinajstić information content (AvgIpc) is 2.88. The van der Waals surface area contributed by atoms with Crippen molar-refractivity contribution in [1.82, 2.24) is 9.78 Å². The van der Waals surface area contributed by atoms with E-state index in [4.69, 9.17) is 15.2 Å². The van der Waals surface area contributed by atoms with Crippen molar-refractivity contribution in [3.8, 4) is 5.88 Å². The molecule has 152 valence electrons. The lowest BCUT2D eigenvalue weighted by Crippen LogP contribution is -2.41. The molecule has 0 bridgehead atoms.